The monoisotopic (exact) mass is 293 g/mol. The Balaban J connectivity index is 2.33. The van der Waals surface area contributed by atoms with E-state index in [1.54, 1.807) is 6.20 Å². The molecule has 0 aliphatic heterocycles. The van der Waals surface area contributed by atoms with Gasteiger partial charge in [-0.25, -0.2) is 9.78 Å². The molecule has 0 spiro atoms. The van der Waals surface area contributed by atoms with Gasteiger partial charge in [-0.1, -0.05) is 20.8 Å². The number of carboxylic acid groups (broad SMARTS) is 1. The first-order valence-electron chi connectivity index (χ1n) is 6.77. The van der Waals surface area contributed by atoms with Gasteiger partial charge in [0.2, 0.25) is 0 Å². The van der Waals surface area contributed by atoms with Crippen molar-refractivity contribution in [3.63, 3.8) is 0 Å². The number of hydrogen-bond donors (Lipinski definition) is 1. The Morgan fingerprint density at radius 2 is 2.25 bits per heavy atom. The summed E-state index contributed by atoms with van der Waals surface area (Å²) in [6, 6.07) is 0. The number of carboxylic acids is 1. The number of carbonyl (C=O) groups is 1. The molecule has 2 rings (SSSR count). The van der Waals surface area contributed by atoms with Crippen molar-refractivity contribution in [3.8, 4) is 10.6 Å². The van der Waals surface area contributed by atoms with E-state index in [4.69, 9.17) is 0 Å². The molecule has 0 aliphatic carbocycles. The third-order valence-corrected chi connectivity index (χ3v) is 3.96. The smallest absolute Gasteiger partial charge is 0.347 e. The zero-order valence-electron chi connectivity index (χ0n) is 12.0. The van der Waals surface area contributed by atoms with Gasteiger partial charge < -0.3 is 5.11 Å². The third kappa shape index (κ3) is 3.25. The molecule has 0 unspecified atom stereocenters. The number of hydrogen-bond acceptors (Lipinski definition) is 4. The molecular formula is C14H19N3O2S. The Hall–Kier alpha value is -1.69. The van der Waals surface area contributed by atoms with Crippen molar-refractivity contribution < 1.29 is 9.90 Å². The van der Waals surface area contributed by atoms with Gasteiger partial charge in [0.15, 0.2) is 0 Å². The molecule has 2 heterocycles. The molecule has 1 N–H and O–H groups in total. The molecule has 0 amide bonds. The summed E-state index contributed by atoms with van der Waals surface area (Å²) in [7, 11) is 0. The van der Waals surface area contributed by atoms with Crippen LogP contribution in [0.15, 0.2) is 12.4 Å². The maximum atomic E-state index is 11.3. The molecule has 0 radical (unpaired) electrons. The molecule has 2 aromatic rings. The SMILES string of the molecule is CCCn1cc(-c2nc(CC(C)C)c(C(=O)O)s2)cn1. The van der Waals surface area contributed by atoms with Gasteiger partial charge in [-0.2, -0.15) is 5.10 Å². The fourth-order valence-electron chi connectivity index (χ4n) is 1.99. The summed E-state index contributed by atoms with van der Waals surface area (Å²) in [6.45, 7) is 7.07. The Morgan fingerprint density at radius 3 is 2.85 bits per heavy atom. The van der Waals surface area contributed by atoms with E-state index in [9.17, 15) is 9.90 Å². The van der Waals surface area contributed by atoms with Crippen LogP contribution in [0.1, 0.15) is 42.6 Å². The minimum atomic E-state index is -0.898. The van der Waals surface area contributed by atoms with E-state index >= 15 is 0 Å². The highest BCUT2D eigenvalue weighted by atomic mass is 32.1. The molecule has 0 saturated heterocycles. The van der Waals surface area contributed by atoms with E-state index in [0.717, 1.165) is 23.5 Å². The molecule has 0 atom stereocenters. The average Bonchev–Trinajstić information content (AvgIpc) is 2.95. The van der Waals surface area contributed by atoms with Gasteiger partial charge in [0.25, 0.3) is 0 Å². The highest BCUT2D eigenvalue weighted by Gasteiger charge is 2.19. The molecular weight excluding hydrogens is 274 g/mol. The second-order valence-corrected chi connectivity index (χ2v) is 6.19. The lowest BCUT2D eigenvalue weighted by atomic mass is 10.1. The number of nitrogens with zero attached hydrogens (tertiary/aromatic N) is 3. The second kappa shape index (κ2) is 6.17. The second-order valence-electron chi connectivity index (χ2n) is 5.19. The number of aromatic carboxylic acids is 1. The van der Waals surface area contributed by atoms with Gasteiger partial charge in [0.05, 0.1) is 11.9 Å². The molecule has 0 aliphatic rings. The Labute approximate surface area is 122 Å². The maximum Gasteiger partial charge on any atom is 0.347 e. The van der Waals surface area contributed by atoms with Crippen molar-refractivity contribution in [1.82, 2.24) is 14.8 Å². The van der Waals surface area contributed by atoms with Crippen molar-refractivity contribution >= 4 is 17.3 Å². The van der Waals surface area contributed by atoms with Crippen LogP contribution in [-0.4, -0.2) is 25.8 Å². The van der Waals surface area contributed by atoms with Crippen molar-refractivity contribution in [1.29, 1.82) is 0 Å². The zero-order chi connectivity index (χ0) is 14.7. The molecule has 0 fully saturated rings. The van der Waals surface area contributed by atoms with E-state index in [1.807, 2.05) is 10.9 Å². The van der Waals surface area contributed by atoms with E-state index < -0.39 is 5.97 Å². The number of aryl methyl sites for hydroxylation is 1. The molecule has 6 heteroatoms. The molecule has 2 aromatic heterocycles. The summed E-state index contributed by atoms with van der Waals surface area (Å²) in [5.41, 5.74) is 1.57. The Morgan fingerprint density at radius 1 is 1.50 bits per heavy atom. The van der Waals surface area contributed by atoms with Crippen molar-refractivity contribution in [3.05, 3.63) is 23.0 Å². The fraction of sp³-hybridized carbons (Fsp3) is 0.500. The first-order valence-corrected chi connectivity index (χ1v) is 7.58. The van der Waals surface area contributed by atoms with Crippen LogP contribution in [-0.2, 0) is 13.0 Å². The van der Waals surface area contributed by atoms with Gasteiger partial charge in [-0.05, 0) is 18.8 Å². The van der Waals surface area contributed by atoms with Crippen LogP contribution in [0.5, 0.6) is 0 Å². The van der Waals surface area contributed by atoms with Crippen LogP contribution in [0.3, 0.4) is 0 Å². The lowest BCUT2D eigenvalue weighted by molar-refractivity contribution is 0.0700. The fourth-order valence-corrected chi connectivity index (χ4v) is 2.90. The van der Waals surface area contributed by atoms with Gasteiger partial charge in [0.1, 0.15) is 9.88 Å². The Kier molecular flexibility index (Phi) is 4.54. The molecule has 5 nitrogen and oxygen atoms in total. The summed E-state index contributed by atoms with van der Waals surface area (Å²) >= 11 is 1.23. The summed E-state index contributed by atoms with van der Waals surface area (Å²) in [4.78, 5) is 16.1. The minimum absolute atomic E-state index is 0.344. The van der Waals surface area contributed by atoms with Gasteiger partial charge in [-0.3, -0.25) is 4.68 Å². The Bertz CT molecular complexity index is 601. The lowest BCUT2D eigenvalue weighted by Crippen LogP contribution is -2.02. The van der Waals surface area contributed by atoms with Crippen LogP contribution in [0.2, 0.25) is 0 Å². The van der Waals surface area contributed by atoms with E-state index in [2.05, 4.69) is 30.9 Å². The maximum absolute atomic E-state index is 11.3. The number of thiazole rings is 1. The molecule has 0 bridgehead atoms. The quantitative estimate of drug-likeness (QED) is 0.887. The van der Waals surface area contributed by atoms with Gasteiger partial charge >= 0.3 is 5.97 Å². The molecule has 108 valence electrons. The highest BCUT2D eigenvalue weighted by molar-refractivity contribution is 7.17. The van der Waals surface area contributed by atoms with Gasteiger partial charge in [0, 0.05) is 18.3 Å². The average molecular weight is 293 g/mol. The number of aromatic nitrogens is 3. The van der Waals surface area contributed by atoms with Crippen LogP contribution in [0, 0.1) is 5.92 Å². The first kappa shape index (κ1) is 14.7. The van der Waals surface area contributed by atoms with Gasteiger partial charge in [-0.15, -0.1) is 11.3 Å². The molecule has 0 saturated carbocycles. The normalized spacial score (nSPS) is 11.2. The van der Waals surface area contributed by atoms with Crippen LogP contribution in [0.25, 0.3) is 10.6 Å². The van der Waals surface area contributed by atoms with Crippen molar-refractivity contribution in [2.45, 2.75) is 40.2 Å². The largest absolute Gasteiger partial charge is 0.477 e. The molecule has 20 heavy (non-hydrogen) atoms. The van der Waals surface area contributed by atoms with E-state index in [-0.39, 0.29) is 0 Å². The van der Waals surface area contributed by atoms with Crippen molar-refractivity contribution in [2.24, 2.45) is 5.92 Å². The predicted molar refractivity (Wildman–Crippen MR) is 79.1 cm³/mol. The van der Waals surface area contributed by atoms with E-state index in [0.29, 0.717) is 22.9 Å². The van der Waals surface area contributed by atoms with Crippen molar-refractivity contribution in [2.75, 3.05) is 0 Å². The number of rotatable bonds is 6. The predicted octanol–water partition coefficient (Wildman–Crippen LogP) is 3.31. The lowest BCUT2D eigenvalue weighted by Gasteiger charge is -2.01. The topological polar surface area (TPSA) is 68.0 Å². The highest BCUT2D eigenvalue weighted by Crippen LogP contribution is 2.29. The summed E-state index contributed by atoms with van der Waals surface area (Å²) in [5, 5.41) is 14.3. The van der Waals surface area contributed by atoms with Crippen LogP contribution < -0.4 is 0 Å². The minimum Gasteiger partial charge on any atom is -0.477 e. The molecule has 0 aromatic carbocycles. The van der Waals surface area contributed by atoms with Crippen LogP contribution in [0.4, 0.5) is 0 Å². The first-order chi connectivity index (χ1) is 9.51. The standard InChI is InChI=1S/C14H19N3O2S/c1-4-5-17-8-10(7-15-17)13-16-11(6-9(2)3)12(20-13)14(18)19/h7-9H,4-6H2,1-3H3,(H,18,19). The summed E-state index contributed by atoms with van der Waals surface area (Å²) < 4.78 is 1.86. The van der Waals surface area contributed by atoms with E-state index in [1.165, 1.54) is 11.3 Å². The zero-order valence-corrected chi connectivity index (χ0v) is 12.8. The summed E-state index contributed by atoms with van der Waals surface area (Å²) in [6.07, 6.45) is 5.37. The van der Waals surface area contributed by atoms with Crippen LogP contribution >= 0.6 is 11.3 Å². The third-order valence-electron chi connectivity index (χ3n) is 2.83. The summed E-state index contributed by atoms with van der Waals surface area (Å²) in [5.74, 6) is -0.517.